The molecule has 0 saturated heterocycles. The number of halogens is 2. The molecule has 2 amide bonds. The summed E-state index contributed by atoms with van der Waals surface area (Å²) in [5.74, 6) is -0.205. The van der Waals surface area contributed by atoms with Gasteiger partial charge in [0.1, 0.15) is 12.6 Å². The third-order valence-electron chi connectivity index (χ3n) is 5.90. The summed E-state index contributed by atoms with van der Waals surface area (Å²) >= 11 is 12.2. The number of carbonyl (C=O) groups excluding carboxylic acids is 2. The number of rotatable bonds is 12. The fraction of sp³-hybridized carbons (Fsp3) is 0.440. The largest absolute Gasteiger partial charge is 0.454 e. The summed E-state index contributed by atoms with van der Waals surface area (Å²) in [6.07, 6.45) is 1.06. The van der Waals surface area contributed by atoms with Gasteiger partial charge in [0.25, 0.3) is 0 Å². The molecule has 0 unspecified atom stereocenters. The highest BCUT2D eigenvalue weighted by Gasteiger charge is 2.33. The Kier molecular flexibility index (Phi) is 9.92. The Hall–Kier alpha value is -2.69. The van der Waals surface area contributed by atoms with Gasteiger partial charge in [0.05, 0.1) is 21.5 Å². The monoisotopic (exact) mass is 571 g/mol. The first-order valence-corrected chi connectivity index (χ1v) is 14.4. The number of anilines is 1. The van der Waals surface area contributed by atoms with Crippen LogP contribution in [-0.2, 0) is 26.2 Å². The summed E-state index contributed by atoms with van der Waals surface area (Å²) in [6, 6.07) is 8.81. The second kappa shape index (κ2) is 12.7. The molecule has 1 N–H and O–H groups in total. The summed E-state index contributed by atoms with van der Waals surface area (Å²) in [4.78, 5) is 28.2. The Morgan fingerprint density at radius 1 is 1.03 bits per heavy atom. The molecule has 1 aliphatic heterocycles. The first kappa shape index (κ1) is 28.9. The van der Waals surface area contributed by atoms with E-state index < -0.39 is 28.5 Å². The topological polar surface area (TPSA) is 105 Å². The molecular weight excluding hydrogens is 541 g/mol. The van der Waals surface area contributed by atoms with Crippen LogP contribution in [0.15, 0.2) is 36.4 Å². The van der Waals surface area contributed by atoms with Crippen molar-refractivity contribution in [3.8, 4) is 11.5 Å². The average molecular weight is 573 g/mol. The molecule has 0 spiro atoms. The van der Waals surface area contributed by atoms with Crippen LogP contribution in [0.5, 0.6) is 11.5 Å². The molecule has 1 atom stereocenters. The minimum Gasteiger partial charge on any atom is -0.454 e. The van der Waals surface area contributed by atoms with Gasteiger partial charge in [-0.3, -0.25) is 13.9 Å². The predicted molar refractivity (Wildman–Crippen MR) is 144 cm³/mol. The van der Waals surface area contributed by atoms with Gasteiger partial charge in [0.15, 0.2) is 11.5 Å². The molecule has 0 aliphatic carbocycles. The molecule has 0 aromatic heterocycles. The first-order valence-electron chi connectivity index (χ1n) is 12.0. The van der Waals surface area contributed by atoms with Gasteiger partial charge < -0.3 is 19.7 Å². The highest BCUT2D eigenvalue weighted by atomic mass is 35.5. The molecular formula is C25H31Cl2N3O6S. The Labute approximate surface area is 227 Å². The van der Waals surface area contributed by atoms with Gasteiger partial charge in [0, 0.05) is 19.2 Å². The quantitative estimate of drug-likeness (QED) is 0.409. The summed E-state index contributed by atoms with van der Waals surface area (Å²) < 4.78 is 37.9. The van der Waals surface area contributed by atoms with E-state index in [0.717, 1.165) is 10.7 Å². The Morgan fingerprint density at radius 3 is 2.41 bits per heavy atom. The maximum Gasteiger partial charge on any atom is 0.244 e. The van der Waals surface area contributed by atoms with Crippen molar-refractivity contribution in [2.24, 2.45) is 0 Å². The van der Waals surface area contributed by atoms with Crippen LogP contribution in [0.1, 0.15) is 39.2 Å². The van der Waals surface area contributed by atoms with Gasteiger partial charge in [-0.15, -0.1) is 0 Å². The fourth-order valence-corrected chi connectivity index (χ4v) is 5.25. The van der Waals surface area contributed by atoms with E-state index in [1.165, 1.54) is 17.9 Å². The predicted octanol–water partition coefficient (Wildman–Crippen LogP) is 4.21. The lowest BCUT2D eigenvalue weighted by Gasteiger charge is -2.33. The second-order valence-corrected chi connectivity index (χ2v) is 11.4. The Morgan fingerprint density at radius 2 is 1.76 bits per heavy atom. The van der Waals surface area contributed by atoms with Crippen LogP contribution < -0.4 is 19.1 Å². The molecule has 2 aromatic rings. The highest BCUT2D eigenvalue weighted by molar-refractivity contribution is 7.92. The van der Waals surface area contributed by atoms with E-state index in [0.29, 0.717) is 40.1 Å². The normalized spacial score (nSPS) is 13.2. The van der Waals surface area contributed by atoms with Gasteiger partial charge in [0.2, 0.25) is 28.6 Å². The van der Waals surface area contributed by atoms with Crippen LogP contribution in [0.3, 0.4) is 0 Å². The van der Waals surface area contributed by atoms with E-state index in [2.05, 4.69) is 5.32 Å². The van der Waals surface area contributed by atoms with Crippen LogP contribution in [0.2, 0.25) is 10.0 Å². The molecule has 2 aromatic carbocycles. The van der Waals surface area contributed by atoms with Crippen molar-refractivity contribution in [3.63, 3.8) is 0 Å². The zero-order valence-electron chi connectivity index (χ0n) is 21.0. The van der Waals surface area contributed by atoms with Crippen molar-refractivity contribution in [1.29, 1.82) is 0 Å². The van der Waals surface area contributed by atoms with Crippen molar-refractivity contribution < 1.29 is 27.5 Å². The lowest BCUT2D eigenvalue weighted by molar-refractivity contribution is -0.140. The number of benzene rings is 2. The smallest absolute Gasteiger partial charge is 0.244 e. The third kappa shape index (κ3) is 7.00. The maximum atomic E-state index is 13.8. The van der Waals surface area contributed by atoms with Crippen molar-refractivity contribution in [2.75, 3.05) is 29.9 Å². The lowest BCUT2D eigenvalue weighted by atomic mass is 10.1. The van der Waals surface area contributed by atoms with E-state index in [1.807, 2.05) is 6.92 Å². The fourth-order valence-electron chi connectivity index (χ4n) is 3.88. The van der Waals surface area contributed by atoms with Gasteiger partial charge in [-0.1, -0.05) is 43.1 Å². The van der Waals surface area contributed by atoms with Gasteiger partial charge in [-0.25, -0.2) is 8.42 Å². The van der Waals surface area contributed by atoms with Crippen molar-refractivity contribution >= 4 is 50.7 Å². The number of hydrogen-bond acceptors (Lipinski definition) is 6. The third-order valence-corrected chi connectivity index (χ3v) is 8.38. The highest BCUT2D eigenvalue weighted by Crippen LogP contribution is 2.36. The maximum absolute atomic E-state index is 13.8. The number of carbonyl (C=O) groups is 2. The molecule has 0 fully saturated rings. The number of nitrogens with zero attached hydrogens (tertiary/aromatic N) is 2. The number of ether oxygens (including phenoxy) is 2. The van der Waals surface area contributed by atoms with E-state index in [4.69, 9.17) is 32.7 Å². The summed E-state index contributed by atoms with van der Waals surface area (Å²) in [5.41, 5.74) is 0.912. The molecule has 0 saturated carbocycles. The van der Waals surface area contributed by atoms with Crippen LogP contribution in [0, 0.1) is 0 Å². The Bertz CT molecular complexity index is 1240. The first-order chi connectivity index (χ1) is 17.6. The van der Waals surface area contributed by atoms with Crippen molar-refractivity contribution in [3.05, 3.63) is 52.0 Å². The van der Waals surface area contributed by atoms with E-state index in [-0.39, 0.29) is 30.7 Å². The zero-order chi connectivity index (χ0) is 27.2. The van der Waals surface area contributed by atoms with Crippen molar-refractivity contribution in [1.82, 2.24) is 10.2 Å². The van der Waals surface area contributed by atoms with Crippen LogP contribution >= 0.6 is 23.2 Å². The van der Waals surface area contributed by atoms with E-state index in [1.54, 1.807) is 37.3 Å². The lowest BCUT2D eigenvalue weighted by Crippen LogP contribution is -2.52. The van der Waals surface area contributed by atoms with Crippen LogP contribution in [-0.4, -0.2) is 56.8 Å². The zero-order valence-corrected chi connectivity index (χ0v) is 23.3. The summed E-state index contributed by atoms with van der Waals surface area (Å²) in [7, 11) is -3.86. The van der Waals surface area contributed by atoms with Crippen LogP contribution in [0.25, 0.3) is 0 Å². The molecule has 0 bridgehead atoms. The minimum atomic E-state index is -3.86. The molecule has 1 heterocycles. The second-order valence-electron chi connectivity index (χ2n) is 8.43. The van der Waals surface area contributed by atoms with E-state index >= 15 is 0 Å². The van der Waals surface area contributed by atoms with Crippen LogP contribution in [0.4, 0.5) is 5.69 Å². The standard InChI is InChI=1S/C25H31Cl2N3O6S/c1-4-11-28-25(32)21(5-2)29(14-17-7-9-19(26)20(27)12-17)24(31)15-30(37(33,34)6-3)18-8-10-22-23(13-18)36-16-35-22/h7-10,12-13,21H,4-6,11,14-16H2,1-3H3,(H,28,32)/t21-/m0/s1. The molecule has 1 aliphatic rings. The number of nitrogens with one attached hydrogen (secondary N) is 1. The number of hydrogen-bond donors (Lipinski definition) is 1. The SMILES string of the molecule is CCCNC(=O)[C@H](CC)N(Cc1ccc(Cl)c(Cl)c1)C(=O)CN(c1ccc2c(c1)OCO2)S(=O)(=O)CC. The molecule has 0 radical (unpaired) electrons. The van der Waals surface area contributed by atoms with Gasteiger partial charge in [-0.2, -0.15) is 0 Å². The van der Waals surface area contributed by atoms with Crippen molar-refractivity contribution in [2.45, 2.75) is 46.2 Å². The molecule has 3 rings (SSSR count). The summed E-state index contributed by atoms with van der Waals surface area (Å²) in [5, 5.41) is 3.51. The Balaban J connectivity index is 1.98. The number of sulfonamides is 1. The van der Waals surface area contributed by atoms with E-state index in [9.17, 15) is 18.0 Å². The molecule has 9 nitrogen and oxygen atoms in total. The molecule has 202 valence electrons. The minimum absolute atomic E-state index is 0.0285. The number of fused-ring (bicyclic) bond motifs is 1. The molecule has 12 heteroatoms. The van der Waals surface area contributed by atoms with Gasteiger partial charge >= 0.3 is 0 Å². The van der Waals surface area contributed by atoms with Gasteiger partial charge in [-0.05, 0) is 49.6 Å². The summed E-state index contributed by atoms with van der Waals surface area (Å²) in [6.45, 7) is 5.24. The average Bonchev–Trinajstić information content (AvgIpc) is 3.35. The molecule has 37 heavy (non-hydrogen) atoms. The number of amides is 2.